The summed E-state index contributed by atoms with van der Waals surface area (Å²) >= 11 is 0.859. The highest BCUT2D eigenvalue weighted by Crippen LogP contribution is 2.44. The SMILES string of the molecule is Cc1c(OCC2(C(C)(C)C)CCCN2C(=O)O)ncnc1Oc1ccc(/C=C2\SC(=O)NC2=O)cc1. The van der Waals surface area contributed by atoms with Crippen LogP contribution in [0.2, 0.25) is 0 Å². The van der Waals surface area contributed by atoms with Crippen molar-refractivity contribution in [1.82, 2.24) is 20.2 Å². The number of aromatic nitrogens is 2. The number of amides is 3. The van der Waals surface area contributed by atoms with Crippen LogP contribution < -0.4 is 14.8 Å². The van der Waals surface area contributed by atoms with Crippen LogP contribution in [0.4, 0.5) is 9.59 Å². The number of ether oxygens (including phenoxy) is 2. The molecule has 0 spiro atoms. The summed E-state index contributed by atoms with van der Waals surface area (Å²) in [7, 11) is 0. The Morgan fingerprint density at radius 1 is 1.22 bits per heavy atom. The maximum absolute atomic E-state index is 11.9. The minimum atomic E-state index is -0.952. The van der Waals surface area contributed by atoms with Gasteiger partial charge in [0.25, 0.3) is 11.1 Å². The maximum Gasteiger partial charge on any atom is 0.407 e. The highest BCUT2D eigenvalue weighted by molar-refractivity contribution is 8.18. The highest BCUT2D eigenvalue weighted by Gasteiger charge is 2.52. The number of hydrogen-bond donors (Lipinski definition) is 2. The van der Waals surface area contributed by atoms with Crippen LogP contribution in [0.1, 0.15) is 44.7 Å². The number of likely N-dealkylation sites (tertiary alicyclic amines) is 1. The molecule has 2 fully saturated rings. The molecule has 2 saturated heterocycles. The van der Waals surface area contributed by atoms with Crippen molar-refractivity contribution in [3.63, 3.8) is 0 Å². The van der Waals surface area contributed by atoms with Crippen LogP contribution in [0, 0.1) is 12.3 Å². The lowest BCUT2D eigenvalue weighted by molar-refractivity contribution is -0.115. The molecule has 2 aliphatic rings. The van der Waals surface area contributed by atoms with Crippen LogP contribution in [0.3, 0.4) is 0 Å². The molecule has 1 aromatic carbocycles. The summed E-state index contributed by atoms with van der Waals surface area (Å²) in [5.74, 6) is 0.750. The van der Waals surface area contributed by atoms with Crippen LogP contribution in [0.25, 0.3) is 6.08 Å². The first-order valence-electron chi connectivity index (χ1n) is 11.5. The summed E-state index contributed by atoms with van der Waals surface area (Å²) in [5.41, 5.74) is 0.306. The van der Waals surface area contributed by atoms with Gasteiger partial charge < -0.3 is 14.6 Å². The van der Waals surface area contributed by atoms with Crippen LogP contribution in [0.15, 0.2) is 35.5 Å². The number of nitrogens with one attached hydrogen (secondary N) is 1. The lowest BCUT2D eigenvalue weighted by Crippen LogP contribution is -2.59. The number of carbonyl (C=O) groups is 3. The first-order valence-corrected chi connectivity index (χ1v) is 12.3. The van der Waals surface area contributed by atoms with Crippen molar-refractivity contribution in [2.45, 2.75) is 46.1 Å². The van der Waals surface area contributed by atoms with Gasteiger partial charge in [0.2, 0.25) is 11.8 Å². The van der Waals surface area contributed by atoms with Crippen LogP contribution in [0.5, 0.6) is 17.5 Å². The first-order chi connectivity index (χ1) is 17.0. The second kappa shape index (κ2) is 9.81. The number of benzene rings is 1. The van der Waals surface area contributed by atoms with E-state index in [9.17, 15) is 19.5 Å². The van der Waals surface area contributed by atoms with Gasteiger partial charge in [-0.25, -0.2) is 14.8 Å². The minimum Gasteiger partial charge on any atom is -0.475 e. The molecule has 3 amide bonds. The zero-order valence-electron chi connectivity index (χ0n) is 20.5. The number of carbonyl (C=O) groups excluding carboxylic acids is 2. The Kier molecular flexibility index (Phi) is 6.94. The van der Waals surface area contributed by atoms with Gasteiger partial charge in [0.1, 0.15) is 18.7 Å². The van der Waals surface area contributed by atoms with E-state index in [1.165, 1.54) is 11.2 Å². The second-order valence-corrected chi connectivity index (χ2v) is 10.8. The molecule has 2 N–H and O–H groups in total. The fraction of sp³-hybridized carbons (Fsp3) is 0.400. The Bertz CT molecular complexity index is 1220. The Labute approximate surface area is 213 Å². The summed E-state index contributed by atoms with van der Waals surface area (Å²) in [4.78, 5) is 45.3. The Morgan fingerprint density at radius 2 is 1.92 bits per heavy atom. The number of thioether (sulfide) groups is 1. The molecule has 0 radical (unpaired) electrons. The molecule has 0 saturated carbocycles. The molecular formula is C25H28N4O6S. The fourth-order valence-corrected chi connectivity index (χ4v) is 5.16. The number of imide groups is 1. The molecular weight excluding hydrogens is 484 g/mol. The third kappa shape index (κ3) is 5.01. The largest absolute Gasteiger partial charge is 0.475 e. The predicted octanol–water partition coefficient (Wildman–Crippen LogP) is 4.84. The van der Waals surface area contributed by atoms with E-state index < -0.39 is 17.5 Å². The van der Waals surface area contributed by atoms with Gasteiger partial charge in [-0.15, -0.1) is 0 Å². The molecule has 190 valence electrons. The summed E-state index contributed by atoms with van der Waals surface area (Å²) in [6.07, 6.45) is 3.50. The number of rotatable bonds is 6. The van der Waals surface area contributed by atoms with E-state index in [0.29, 0.717) is 40.9 Å². The molecule has 2 aliphatic heterocycles. The van der Waals surface area contributed by atoms with Gasteiger partial charge >= 0.3 is 6.09 Å². The molecule has 11 heteroatoms. The molecule has 0 bridgehead atoms. The van der Waals surface area contributed by atoms with Crippen molar-refractivity contribution in [3.05, 3.63) is 46.6 Å². The predicted molar refractivity (Wildman–Crippen MR) is 134 cm³/mol. The van der Waals surface area contributed by atoms with Gasteiger partial charge in [0, 0.05) is 6.54 Å². The van der Waals surface area contributed by atoms with Crippen LogP contribution in [-0.2, 0) is 4.79 Å². The van der Waals surface area contributed by atoms with Gasteiger partial charge in [-0.1, -0.05) is 32.9 Å². The number of hydrogen-bond acceptors (Lipinski definition) is 8. The van der Waals surface area contributed by atoms with Gasteiger partial charge in [-0.3, -0.25) is 19.8 Å². The van der Waals surface area contributed by atoms with E-state index in [-0.39, 0.29) is 17.3 Å². The van der Waals surface area contributed by atoms with Crippen molar-refractivity contribution >= 4 is 35.1 Å². The van der Waals surface area contributed by atoms with Crippen molar-refractivity contribution < 1.29 is 29.0 Å². The van der Waals surface area contributed by atoms with Crippen molar-refractivity contribution in [1.29, 1.82) is 0 Å². The second-order valence-electron chi connectivity index (χ2n) is 9.74. The van der Waals surface area contributed by atoms with Crippen molar-refractivity contribution in [2.24, 2.45) is 5.41 Å². The fourth-order valence-electron chi connectivity index (χ4n) is 4.47. The molecule has 3 heterocycles. The van der Waals surface area contributed by atoms with E-state index in [0.717, 1.165) is 23.7 Å². The molecule has 1 aromatic heterocycles. The number of carboxylic acid groups (broad SMARTS) is 1. The quantitative estimate of drug-likeness (QED) is 0.522. The van der Waals surface area contributed by atoms with E-state index in [2.05, 4.69) is 15.3 Å². The zero-order chi connectivity index (χ0) is 26.1. The van der Waals surface area contributed by atoms with Gasteiger partial charge in [0.05, 0.1) is 16.0 Å². The van der Waals surface area contributed by atoms with Crippen LogP contribution >= 0.6 is 11.8 Å². The third-order valence-corrected chi connectivity index (χ3v) is 7.40. The molecule has 4 rings (SSSR count). The summed E-state index contributed by atoms with van der Waals surface area (Å²) in [6.45, 7) is 8.48. The Balaban J connectivity index is 1.49. The van der Waals surface area contributed by atoms with Gasteiger partial charge in [0.15, 0.2) is 0 Å². The average molecular weight is 513 g/mol. The summed E-state index contributed by atoms with van der Waals surface area (Å²) in [5, 5.41) is 11.6. The monoisotopic (exact) mass is 512 g/mol. The minimum absolute atomic E-state index is 0.164. The molecule has 2 aromatic rings. The summed E-state index contributed by atoms with van der Waals surface area (Å²) in [6, 6.07) is 6.98. The zero-order valence-corrected chi connectivity index (χ0v) is 21.3. The third-order valence-electron chi connectivity index (χ3n) is 6.59. The molecule has 1 unspecified atom stereocenters. The average Bonchev–Trinajstić information content (AvgIpc) is 3.39. The topological polar surface area (TPSA) is 131 Å². The van der Waals surface area contributed by atoms with Crippen molar-refractivity contribution in [2.75, 3.05) is 13.2 Å². The number of nitrogens with zero attached hydrogens (tertiary/aromatic N) is 3. The Hall–Kier alpha value is -3.60. The van der Waals surface area contributed by atoms with Gasteiger partial charge in [-0.2, -0.15) is 0 Å². The molecule has 0 aliphatic carbocycles. The first kappa shape index (κ1) is 25.5. The molecule has 36 heavy (non-hydrogen) atoms. The maximum atomic E-state index is 11.9. The van der Waals surface area contributed by atoms with Crippen molar-refractivity contribution in [3.8, 4) is 17.5 Å². The van der Waals surface area contributed by atoms with E-state index in [4.69, 9.17) is 9.47 Å². The molecule has 1 atom stereocenters. The van der Waals surface area contributed by atoms with E-state index in [1.54, 1.807) is 37.3 Å². The van der Waals surface area contributed by atoms with E-state index >= 15 is 0 Å². The normalized spacial score (nSPS) is 21.1. The van der Waals surface area contributed by atoms with Crippen LogP contribution in [-0.4, -0.2) is 55.9 Å². The smallest absolute Gasteiger partial charge is 0.407 e. The standard InChI is InChI=1S/C25H28N4O6S/c1-15-20(34-13-25(24(2,3)4)10-5-11-29(25)23(32)33)26-14-27-21(15)35-17-8-6-16(7-9-17)12-18-19(30)28-22(31)36-18/h6-9,12,14H,5,10-11,13H2,1-4H3,(H,32,33)(H,28,30,31)/b18-12-. The lowest BCUT2D eigenvalue weighted by atomic mass is 9.72. The molecule has 10 nitrogen and oxygen atoms in total. The van der Waals surface area contributed by atoms with Gasteiger partial charge in [-0.05, 0) is 60.7 Å². The lowest BCUT2D eigenvalue weighted by Gasteiger charge is -2.46. The summed E-state index contributed by atoms with van der Waals surface area (Å²) < 4.78 is 12.1. The Morgan fingerprint density at radius 3 is 2.53 bits per heavy atom. The highest BCUT2D eigenvalue weighted by atomic mass is 32.2. The van der Waals surface area contributed by atoms with E-state index in [1.807, 2.05) is 20.8 Å².